The van der Waals surface area contributed by atoms with Gasteiger partial charge in [0.15, 0.2) is 0 Å². The third-order valence-corrected chi connectivity index (χ3v) is 5.65. The zero-order chi connectivity index (χ0) is 10.6. The third kappa shape index (κ3) is 4.41. The van der Waals surface area contributed by atoms with Crippen molar-refractivity contribution in [3.05, 3.63) is 29.3 Å². The molecule has 0 atom stereocenters. The van der Waals surface area contributed by atoms with Gasteiger partial charge >= 0.3 is 0 Å². The van der Waals surface area contributed by atoms with Gasteiger partial charge in [-0.15, -0.1) is 11.8 Å². The molecule has 14 heavy (non-hydrogen) atoms. The molecule has 0 nitrogen and oxygen atoms in total. The van der Waals surface area contributed by atoms with Crippen LogP contribution in [0.15, 0.2) is 29.2 Å². The molecule has 3 heteroatoms. The Bertz CT molecular complexity index is 282. The van der Waals surface area contributed by atoms with Gasteiger partial charge in [0.2, 0.25) is 0 Å². The summed E-state index contributed by atoms with van der Waals surface area (Å²) in [5.74, 6) is 1.15. The van der Waals surface area contributed by atoms with E-state index in [-0.39, 0.29) is 0 Å². The van der Waals surface area contributed by atoms with Crippen LogP contribution in [-0.2, 0) is 0 Å². The van der Waals surface area contributed by atoms with Gasteiger partial charge in [-0.05, 0) is 29.7 Å². The van der Waals surface area contributed by atoms with Gasteiger partial charge < -0.3 is 0 Å². The quantitative estimate of drug-likeness (QED) is 0.427. The first-order valence-corrected chi connectivity index (χ1v) is 7.37. The molecule has 0 amide bonds. The first kappa shape index (κ1) is 12.7. The molecule has 0 fully saturated rings. The second kappa shape index (κ2) is 5.61. The molecule has 0 aliphatic carbocycles. The van der Waals surface area contributed by atoms with E-state index in [0.717, 1.165) is 10.8 Å². The van der Waals surface area contributed by atoms with E-state index in [1.54, 1.807) is 0 Å². The maximum absolute atomic E-state index is 5.82. The normalized spacial score (nSPS) is 11.7. The first-order valence-electron chi connectivity index (χ1n) is 4.48. The molecule has 1 aromatic rings. The lowest BCUT2D eigenvalue weighted by Crippen LogP contribution is -2.15. The predicted molar refractivity (Wildman–Crippen MR) is 74.8 cm³/mol. The predicted octanol–water partition coefficient (Wildman–Crippen LogP) is 4.89. The average Bonchev–Trinajstić information content (AvgIpc) is 2.17. The topological polar surface area (TPSA) is 0 Å². The summed E-state index contributed by atoms with van der Waals surface area (Å²) in [7, 11) is 0. The highest BCUT2D eigenvalue weighted by Gasteiger charge is 2.15. The fourth-order valence-corrected chi connectivity index (χ4v) is 2.60. The van der Waals surface area contributed by atoms with Crippen molar-refractivity contribution in [3.8, 4) is 0 Å². The van der Waals surface area contributed by atoms with E-state index in [9.17, 15) is 0 Å². The van der Waals surface area contributed by atoms with Crippen molar-refractivity contribution in [2.45, 2.75) is 18.7 Å². The van der Waals surface area contributed by atoms with Crippen LogP contribution in [0.3, 0.4) is 0 Å². The number of alkyl halides is 1. The Labute approximate surface area is 109 Å². The van der Waals surface area contributed by atoms with Gasteiger partial charge in [-0.2, -0.15) is 0 Å². The maximum Gasteiger partial charge on any atom is 0.0406 e. The molecule has 0 radical (unpaired) electrons. The monoisotopic (exact) mass is 340 g/mol. The largest absolute Gasteiger partial charge is 0.126 e. The van der Waals surface area contributed by atoms with Crippen LogP contribution in [0, 0.1) is 5.41 Å². The summed E-state index contributed by atoms with van der Waals surface area (Å²) in [6.07, 6.45) is 0. The molecule has 78 valence electrons. The van der Waals surface area contributed by atoms with Crippen LogP contribution in [-0.4, -0.2) is 10.2 Å². The highest BCUT2D eigenvalue weighted by Crippen LogP contribution is 2.29. The van der Waals surface area contributed by atoms with Gasteiger partial charge in [-0.1, -0.05) is 48.0 Å². The minimum atomic E-state index is 0.408. The SMILES string of the molecule is CC(C)(CI)CSc1ccc(Cl)cc1. The molecule has 0 spiro atoms. The summed E-state index contributed by atoms with van der Waals surface area (Å²) in [6.45, 7) is 4.59. The Hall–Kier alpha value is 0.590. The van der Waals surface area contributed by atoms with Crippen LogP contribution in [0.4, 0.5) is 0 Å². The molecule has 0 saturated carbocycles. The van der Waals surface area contributed by atoms with Crippen LogP contribution >= 0.6 is 46.0 Å². The van der Waals surface area contributed by atoms with Crippen molar-refractivity contribution >= 4 is 46.0 Å². The molecule has 0 bridgehead atoms. The zero-order valence-corrected chi connectivity index (χ0v) is 12.1. The van der Waals surface area contributed by atoms with Gasteiger partial charge in [0.1, 0.15) is 0 Å². The first-order chi connectivity index (χ1) is 6.53. The summed E-state index contributed by atoms with van der Waals surface area (Å²) >= 11 is 10.2. The highest BCUT2D eigenvalue weighted by molar-refractivity contribution is 14.1. The molecule has 0 unspecified atom stereocenters. The number of hydrogen-bond donors (Lipinski definition) is 0. The van der Waals surface area contributed by atoms with E-state index < -0.39 is 0 Å². The standard InChI is InChI=1S/C11H14ClIS/c1-11(2,7-13)8-14-10-5-3-9(12)4-6-10/h3-6H,7-8H2,1-2H3. The lowest BCUT2D eigenvalue weighted by molar-refractivity contribution is 0.501. The summed E-state index contributed by atoms with van der Waals surface area (Å²) in [4.78, 5) is 1.30. The number of rotatable bonds is 4. The second-order valence-corrected chi connectivity index (χ2v) is 6.29. The van der Waals surface area contributed by atoms with Crippen LogP contribution < -0.4 is 0 Å². The molecular formula is C11H14ClIS. The Balaban J connectivity index is 2.50. The van der Waals surface area contributed by atoms with Crippen molar-refractivity contribution < 1.29 is 0 Å². The van der Waals surface area contributed by atoms with Crippen molar-refractivity contribution in [3.63, 3.8) is 0 Å². The van der Waals surface area contributed by atoms with Gasteiger partial charge in [-0.25, -0.2) is 0 Å². The summed E-state index contributed by atoms with van der Waals surface area (Å²) in [6, 6.07) is 8.05. The number of benzene rings is 1. The molecular weight excluding hydrogens is 327 g/mol. The van der Waals surface area contributed by atoms with E-state index >= 15 is 0 Å². The Morgan fingerprint density at radius 1 is 1.29 bits per heavy atom. The number of hydrogen-bond acceptors (Lipinski definition) is 1. The van der Waals surface area contributed by atoms with Crippen molar-refractivity contribution in [1.82, 2.24) is 0 Å². The molecule has 0 N–H and O–H groups in total. The van der Waals surface area contributed by atoms with Crippen LogP contribution in [0.25, 0.3) is 0 Å². The number of halogens is 2. The van der Waals surface area contributed by atoms with Gasteiger partial charge in [0, 0.05) is 20.1 Å². The molecule has 0 heterocycles. The minimum Gasteiger partial charge on any atom is -0.126 e. The Morgan fingerprint density at radius 3 is 2.36 bits per heavy atom. The molecule has 1 aromatic carbocycles. The second-order valence-electron chi connectivity index (χ2n) is 4.04. The molecule has 0 saturated heterocycles. The summed E-state index contributed by atoms with van der Waals surface area (Å²) < 4.78 is 1.19. The van der Waals surface area contributed by atoms with Crippen molar-refractivity contribution in [2.24, 2.45) is 5.41 Å². The van der Waals surface area contributed by atoms with Gasteiger partial charge in [0.25, 0.3) is 0 Å². The van der Waals surface area contributed by atoms with Crippen LogP contribution in [0.1, 0.15) is 13.8 Å². The fraction of sp³-hybridized carbons (Fsp3) is 0.455. The maximum atomic E-state index is 5.82. The Kier molecular flexibility index (Phi) is 5.08. The van der Waals surface area contributed by atoms with Crippen molar-refractivity contribution in [1.29, 1.82) is 0 Å². The smallest absolute Gasteiger partial charge is 0.0406 e. The molecule has 1 rings (SSSR count). The molecule has 0 aliphatic rings. The summed E-state index contributed by atoms with van der Waals surface area (Å²) in [5.41, 5.74) is 0.408. The van der Waals surface area contributed by atoms with E-state index in [4.69, 9.17) is 11.6 Å². The zero-order valence-electron chi connectivity index (χ0n) is 8.39. The third-order valence-electron chi connectivity index (χ3n) is 1.80. The van der Waals surface area contributed by atoms with Crippen molar-refractivity contribution in [2.75, 3.05) is 10.2 Å². The van der Waals surface area contributed by atoms with E-state index in [1.165, 1.54) is 9.32 Å². The fourth-order valence-electron chi connectivity index (χ4n) is 0.848. The number of thioether (sulfide) groups is 1. The van der Waals surface area contributed by atoms with Gasteiger partial charge in [-0.3, -0.25) is 0 Å². The van der Waals surface area contributed by atoms with E-state index in [0.29, 0.717) is 5.41 Å². The van der Waals surface area contributed by atoms with E-state index in [2.05, 4.69) is 48.6 Å². The van der Waals surface area contributed by atoms with Crippen LogP contribution in [0.5, 0.6) is 0 Å². The minimum absolute atomic E-state index is 0.408. The summed E-state index contributed by atoms with van der Waals surface area (Å²) in [5, 5.41) is 0.808. The molecule has 0 aliphatic heterocycles. The lowest BCUT2D eigenvalue weighted by Gasteiger charge is -2.20. The van der Waals surface area contributed by atoms with Gasteiger partial charge in [0.05, 0.1) is 0 Å². The van der Waals surface area contributed by atoms with Crippen LogP contribution in [0.2, 0.25) is 5.02 Å². The average molecular weight is 341 g/mol. The van der Waals surface area contributed by atoms with E-state index in [1.807, 2.05) is 23.9 Å². The Morgan fingerprint density at radius 2 is 1.86 bits per heavy atom. The highest BCUT2D eigenvalue weighted by atomic mass is 127. The molecule has 0 aromatic heterocycles. The lowest BCUT2D eigenvalue weighted by atomic mass is 10.0.